The molecule has 5 nitrogen and oxygen atoms in total. The summed E-state index contributed by atoms with van der Waals surface area (Å²) >= 11 is 0. The monoisotopic (exact) mass is 318 g/mol. The normalized spacial score (nSPS) is 16.7. The molecular weight excluding hydrogens is 292 g/mol. The van der Waals surface area contributed by atoms with E-state index in [1.807, 2.05) is 29.2 Å². The number of piperidine rings is 1. The predicted octanol–water partition coefficient (Wildman–Crippen LogP) is 2.52. The van der Waals surface area contributed by atoms with Crippen LogP contribution >= 0.6 is 0 Å². The molecule has 0 spiro atoms. The quantitative estimate of drug-likeness (QED) is 0.907. The van der Waals surface area contributed by atoms with E-state index in [2.05, 4.69) is 12.2 Å². The predicted molar refractivity (Wildman–Crippen MR) is 89.1 cm³/mol. The smallest absolute Gasteiger partial charge is 0.224 e. The topological polar surface area (TPSA) is 58.6 Å². The standard InChI is InChI=1S/C18H26N2O3/c1-13-8-10-20(11-9-13)18(22)12-17(19-14(2)21)15-4-6-16(23-3)7-5-15/h4-7,13,17H,8-12H2,1-3H3,(H,19,21). The van der Waals surface area contributed by atoms with Gasteiger partial charge in [-0.15, -0.1) is 0 Å². The number of nitrogens with zero attached hydrogens (tertiary/aromatic N) is 1. The minimum absolute atomic E-state index is 0.103. The number of carbonyl (C=O) groups is 2. The Morgan fingerprint density at radius 3 is 2.39 bits per heavy atom. The molecule has 0 bridgehead atoms. The largest absolute Gasteiger partial charge is 0.497 e. The fraction of sp³-hybridized carbons (Fsp3) is 0.556. The van der Waals surface area contributed by atoms with Crippen LogP contribution in [-0.2, 0) is 9.59 Å². The average molecular weight is 318 g/mol. The van der Waals surface area contributed by atoms with Gasteiger partial charge >= 0.3 is 0 Å². The lowest BCUT2D eigenvalue weighted by atomic mass is 9.97. The first kappa shape index (κ1) is 17.3. The van der Waals surface area contributed by atoms with Crippen LogP contribution in [0.15, 0.2) is 24.3 Å². The Balaban J connectivity index is 2.05. The van der Waals surface area contributed by atoms with Crippen molar-refractivity contribution in [1.29, 1.82) is 0 Å². The Morgan fingerprint density at radius 1 is 1.26 bits per heavy atom. The highest BCUT2D eigenvalue weighted by Gasteiger charge is 2.24. The highest BCUT2D eigenvalue weighted by atomic mass is 16.5. The number of hydrogen-bond acceptors (Lipinski definition) is 3. The minimum atomic E-state index is -0.301. The summed E-state index contributed by atoms with van der Waals surface area (Å²) in [4.78, 5) is 25.9. The zero-order chi connectivity index (χ0) is 16.8. The summed E-state index contributed by atoms with van der Waals surface area (Å²) in [6.45, 7) is 5.33. The van der Waals surface area contributed by atoms with Crippen molar-refractivity contribution in [3.63, 3.8) is 0 Å². The fourth-order valence-corrected chi connectivity index (χ4v) is 2.90. The van der Waals surface area contributed by atoms with Crippen molar-refractivity contribution in [1.82, 2.24) is 10.2 Å². The first-order valence-corrected chi connectivity index (χ1v) is 8.18. The number of likely N-dealkylation sites (tertiary alicyclic amines) is 1. The molecule has 5 heteroatoms. The van der Waals surface area contributed by atoms with Gasteiger partial charge in [0.25, 0.3) is 0 Å². The Hall–Kier alpha value is -2.04. The number of ether oxygens (including phenoxy) is 1. The van der Waals surface area contributed by atoms with Crippen LogP contribution in [0.1, 0.15) is 44.7 Å². The zero-order valence-electron chi connectivity index (χ0n) is 14.2. The van der Waals surface area contributed by atoms with E-state index in [-0.39, 0.29) is 17.9 Å². The molecule has 0 radical (unpaired) electrons. The molecule has 23 heavy (non-hydrogen) atoms. The molecule has 2 amide bonds. The summed E-state index contributed by atoms with van der Waals surface area (Å²) in [7, 11) is 1.61. The second-order valence-electron chi connectivity index (χ2n) is 6.29. The van der Waals surface area contributed by atoms with E-state index in [1.54, 1.807) is 7.11 Å². The molecule has 1 saturated heterocycles. The van der Waals surface area contributed by atoms with Gasteiger partial charge in [-0.2, -0.15) is 0 Å². The molecule has 1 aliphatic rings. The maximum Gasteiger partial charge on any atom is 0.224 e. The van der Waals surface area contributed by atoms with Gasteiger partial charge in [0.05, 0.1) is 19.6 Å². The minimum Gasteiger partial charge on any atom is -0.497 e. The summed E-state index contributed by atoms with van der Waals surface area (Å²) in [6, 6.07) is 7.18. The van der Waals surface area contributed by atoms with Gasteiger partial charge in [0.15, 0.2) is 0 Å². The number of nitrogens with one attached hydrogen (secondary N) is 1. The van der Waals surface area contributed by atoms with Gasteiger partial charge in [-0.05, 0) is 36.5 Å². The van der Waals surface area contributed by atoms with Crippen LogP contribution in [0.25, 0.3) is 0 Å². The maximum absolute atomic E-state index is 12.5. The van der Waals surface area contributed by atoms with Gasteiger partial charge in [0.1, 0.15) is 5.75 Å². The lowest BCUT2D eigenvalue weighted by Gasteiger charge is -2.31. The number of hydrogen-bond donors (Lipinski definition) is 1. The first-order chi connectivity index (χ1) is 11.0. The maximum atomic E-state index is 12.5. The summed E-state index contributed by atoms with van der Waals surface area (Å²) in [6.07, 6.45) is 2.40. The lowest BCUT2D eigenvalue weighted by molar-refractivity contribution is -0.133. The molecule has 1 atom stereocenters. The Bertz CT molecular complexity index is 534. The molecule has 0 saturated carbocycles. The van der Waals surface area contributed by atoms with E-state index in [4.69, 9.17) is 4.74 Å². The van der Waals surface area contributed by atoms with Crippen LogP contribution in [0, 0.1) is 5.92 Å². The molecule has 1 N–H and O–H groups in total. The molecule has 1 unspecified atom stereocenters. The van der Waals surface area contributed by atoms with Gasteiger partial charge in [-0.1, -0.05) is 19.1 Å². The number of rotatable bonds is 5. The van der Waals surface area contributed by atoms with Crippen LogP contribution in [0.5, 0.6) is 5.75 Å². The molecule has 0 aliphatic carbocycles. The van der Waals surface area contributed by atoms with Crippen molar-refractivity contribution in [3.8, 4) is 5.75 Å². The van der Waals surface area contributed by atoms with Crippen molar-refractivity contribution in [2.75, 3.05) is 20.2 Å². The third kappa shape index (κ3) is 4.98. The van der Waals surface area contributed by atoms with Crippen molar-refractivity contribution < 1.29 is 14.3 Å². The van der Waals surface area contributed by atoms with E-state index in [0.29, 0.717) is 12.3 Å². The Labute approximate surface area is 138 Å². The lowest BCUT2D eigenvalue weighted by Crippen LogP contribution is -2.40. The second-order valence-corrected chi connectivity index (χ2v) is 6.29. The number of carbonyl (C=O) groups excluding carboxylic acids is 2. The van der Waals surface area contributed by atoms with Crippen LogP contribution in [0.4, 0.5) is 0 Å². The molecule has 126 valence electrons. The van der Waals surface area contributed by atoms with E-state index in [1.165, 1.54) is 6.92 Å². The van der Waals surface area contributed by atoms with Gasteiger partial charge in [-0.3, -0.25) is 9.59 Å². The van der Waals surface area contributed by atoms with Gasteiger partial charge in [0.2, 0.25) is 11.8 Å². The number of amides is 2. The highest BCUT2D eigenvalue weighted by molar-refractivity contribution is 5.79. The molecule has 1 heterocycles. The zero-order valence-corrected chi connectivity index (χ0v) is 14.2. The second kappa shape index (κ2) is 7.99. The Morgan fingerprint density at radius 2 is 1.87 bits per heavy atom. The molecule has 1 fully saturated rings. The number of benzene rings is 1. The van der Waals surface area contributed by atoms with E-state index >= 15 is 0 Å². The molecular formula is C18H26N2O3. The molecule has 1 aromatic carbocycles. The van der Waals surface area contributed by atoms with E-state index < -0.39 is 0 Å². The van der Waals surface area contributed by atoms with Gasteiger partial charge in [0, 0.05) is 20.0 Å². The fourth-order valence-electron chi connectivity index (χ4n) is 2.90. The van der Waals surface area contributed by atoms with Crippen molar-refractivity contribution in [2.24, 2.45) is 5.92 Å². The van der Waals surface area contributed by atoms with Crippen molar-refractivity contribution >= 4 is 11.8 Å². The molecule has 1 aromatic rings. The molecule has 1 aliphatic heterocycles. The first-order valence-electron chi connectivity index (χ1n) is 8.18. The SMILES string of the molecule is COc1ccc(C(CC(=O)N2CCC(C)CC2)NC(C)=O)cc1. The van der Waals surface area contributed by atoms with E-state index in [0.717, 1.165) is 37.2 Å². The van der Waals surface area contributed by atoms with E-state index in [9.17, 15) is 9.59 Å². The van der Waals surface area contributed by atoms with Crippen molar-refractivity contribution in [3.05, 3.63) is 29.8 Å². The molecule has 2 rings (SSSR count). The summed E-state index contributed by atoms with van der Waals surface area (Å²) in [5.74, 6) is 1.41. The van der Waals surface area contributed by atoms with Crippen LogP contribution in [0.3, 0.4) is 0 Å². The van der Waals surface area contributed by atoms with Crippen LogP contribution in [0.2, 0.25) is 0 Å². The highest BCUT2D eigenvalue weighted by Crippen LogP contribution is 2.23. The number of methoxy groups -OCH3 is 1. The summed E-state index contributed by atoms with van der Waals surface area (Å²) in [5, 5.41) is 2.89. The Kier molecular flexibility index (Phi) is 6.02. The van der Waals surface area contributed by atoms with Crippen LogP contribution in [-0.4, -0.2) is 36.9 Å². The van der Waals surface area contributed by atoms with Gasteiger partial charge in [-0.25, -0.2) is 0 Å². The third-order valence-corrected chi connectivity index (χ3v) is 4.41. The summed E-state index contributed by atoms with van der Waals surface area (Å²) < 4.78 is 5.15. The molecule has 0 aromatic heterocycles. The van der Waals surface area contributed by atoms with Crippen LogP contribution < -0.4 is 10.1 Å². The van der Waals surface area contributed by atoms with Gasteiger partial charge < -0.3 is 15.0 Å². The average Bonchev–Trinajstić information content (AvgIpc) is 2.54. The van der Waals surface area contributed by atoms with Crippen molar-refractivity contribution in [2.45, 2.75) is 39.2 Å². The third-order valence-electron chi connectivity index (χ3n) is 4.41. The summed E-state index contributed by atoms with van der Waals surface area (Å²) in [5.41, 5.74) is 0.916.